The second-order valence-corrected chi connectivity index (χ2v) is 6.62. The Kier molecular flexibility index (Phi) is 5.46. The molecule has 0 spiro atoms. The standard InChI is InChI=1S/C14H25N5O2/c1-9(2)7-15-10(20)8-19(6)12(21)11-16-13(18-17-11)14(3,4)5/h9H,7-8H2,1-6H3,(H,15,20)(H,16,17,18). The van der Waals surface area contributed by atoms with Crippen LogP contribution in [0.3, 0.4) is 0 Å². The Hall–Kier alpha value is -1.92. The first-order chi connectivity index (χ1) is 9.61. The molecule has 1 aromatic rings. The van der Waals surface area contributed by atoms with E-state index in [-0.39, 0.29) is 29.6 Å². The molecule has 1 heterocycles. The lowest BCUT2D eigenvalue weighted by molar-refractivity contribution is -0.121. The van der Waals surface area contributed by atoms with Gasteiger partial charge in [-0.15, -0.1) is 5.10 Å². The first-order valence-electron chi connectivity index (χ1n) is 7.06. The van der Waals surface area contributed by atoms with E-state index in [0.717, 1.165) is 0 Å². The summed E-state index contributed by atoms with van der Waals surface area (Å²) in [5.74, 6) is 0.535. The van der Waals surface area contributed by atoms with E-state index >= 15 is 0 Å². The fourth-order valence-corrected chi connectivity index (χ4v) is 1.52. The van der Waals surface area contributed by atoms with Crippen molar-refractivity contribution in [3.8, 4) is 0 Å². The minimum atomic E-state index is -0.374. The molecule has 0 saturated heterocycles. The average Bonchev–Trinajstić information content (AvgIpc) is 2.84. The lowest BCUT2D eigenvalue weighted by Gasteiger charge is -2.16. The second-order valence-electron chi connectivity index (χ2n) is 6.62. The molecule has 0 saturated carbocycles. The molecule has 118 valence electrons. The monoisotopic (exact) mass is 295 g/mol. The Labute approximate surface area is 125 Å². The Balaban J connectivity index is 2.62. The van der Waals surface area contributed by atoms with Crippen molar-refractivity contribution in [2.45, 2.75) is 40.0 Å². The first-order valence-corrected chi connectivity index (χ1v) is 7.06. The van der Waals surface area contributed by atoms with Gasteiger partial charge in [-0.2, -0.15) is 0 Å². The number of H-pyrrole nitrogens is 1. The van der Waals surface area contributed by atoms with Crippen molar-refractivity contribution in [2.24, 2.45) is 5.92 Å². The third-order valence-electron chi connectivity index (χ3n) is 2.82. The summed E-state index contributed by atoms with van der Waals surface area (Å²) in [6.45, 7) is 10.5. The highest BCUT2D eigenvalue weighted by molar-refractivity contribution is 5.93. The highest BCUT2D eigenvalue weighted by atomic mass is 16.2. The van der Waals surface area contributed by atoms with Crippen molar-refractivity contribution in [1.29, 1.82) is 0 Å². The van der Waals surface area contributed by atoms with Gasteiger partial charge < -0.3 is 10.2 Å². The molecule has 0 atom stereocenters. The smallest absolute Gasteiger partial charge is 0.293 e. The third kappa shape index (κ3) is 5.17. The molecule has 2 N–H and O–H groups in total. The maximum atomic E-state index is 12.2. The van der Waals surface area contributed by atoms with E-state index < -0.39 is 0 Å². The number of aromatic nitrogens is 3. The molecule has 0 bridgehead atoms. The number of carbonyl (C=O) groups excluding carboxylic acids is 2. The normalized spacial score (nSPS) is 11.6. The van der Waals surface area contributed by atoms with Crippen molar-refractivity contribution in [3.05, 3.63) is 11.6 Å². The van der Waals surface area contributed by atoms with Crippen LogP contribution in [0.15, 0.2) is 0 Å². The molecule has 0 aliphatic rings. The molecule has 0 aliphatic carbocycles. The van der Waals surface area contributed by atoms with Crippen molar-refractivity contribution in [1.82, 2.24) is 25.4 Å². The fraction of sp³-hybridized carbons (Fsp3) is 0.714. The van der Waals surface area contributed by atoms with Crippen molar-refractivity contribution < 1.29 is 9.59 Å². The highest BCUT2D eigenvalue weighted by Gasteiger charge is 2.23. The molecule has 0 unspecified atom stereocenters. The van der Waals surface area contributed by atoms with Gasteiger partial charge in [-0.25, -0.2) is 4.98 Å². The van der Waals surface area contributed by atoms with Crippen LogP contribution in [-0.4, -0.2) is 52.0 Å². The Bertz CT molecular complexity index is 502. The van der Waals surface area contributed by atoms with Gasteiger partial charge in [-0.05, 0) is 5.92 Å². The Morgan fingerprint density at radius 1 is 1.33 bits per heavy atom. The van der Waals surface area contributed by atoms with Gasteiger partial charge >= 0.3 is 0 Å². The molecular formula is C14H25N5O2. The maximum Gasteiger partial charge on any atom is 0.293 e. The van der Waals surface area contributed by atoms with Crippen LogP contribution in [0, 0.1) is 5.92 Å². The lowest BCUT2D eigenvalue weighted by Crippen LogP contribution is -2.39. The summed E-state index contributed by atoms with van der Waals surface area (Å²) in [7, 11) is 1.56. The van der Waals surface area contributed by atoms with Crippen LogP contribution in [0.5, 0.6) is 0 Å². The van der Waals surface area contributed by atoms with E-state index in [1.54, 1.807) is 7.05 Å². The van der Waals surface area contributed by atoms with Crippen molar-refractivity contribution in [3.63, 3.8) is 0 Å². The van der Waals surface area contributed by atoms with E-state index in [4.69, 9.17) is 0 Å². The quantitative estimate of drug-likeness (QED) is 0.846. The lowest BCUT2D eigenvalue weighted by atomic mass is 9.96. The molecule has 0 fully saturated rings. The number of hydrogen-bond donors (Lipinski definition) is 2. The van der Waals surface area contributed by atoms with E-state index in [2.05, 4.69) is 20.5 Å². The molecule has 1 rings (SSSR count). The van der Waals surface area contributed by atoms with Gasteiger partial charge in [0.25, 0.3) is 5.91 Å². The number of nitrogens with one attached hydrogen (secondary N) is 2. The van der Waals surface area contributed by atoms with E-state index in [0.29, 0.717) is 18.3 Å². The number of amides is 2. The van der Waals surface area contributed by atoms with Gasteiger partial charge in [0.15, 0.2) is 0 Å². The zero-order valence-corrected chi connectivity index (χ0v) is 13.6. The minimum Gasteiger partial charge on any atom is -0.354 e. The molecule has 7 heteroatoms. The second kappa shape index (κ2) is 6.69. The number of rotatable bonds is 5. The summed E-state index contributed by atoms with van der Waals surface area (Å²) >= 11 is 0. The summed E-state index contributed by atoms with van der Waals surface area (Å²) in [4.78, 5) is 29.4. The molecule has 1 aromatic heterocycles. The van der Waals surface area contributed by atoms with Gasteiger partial charge in [0.2, 0.25) is 11.7 Å². The Morgan fingerprint density at radius 2 is 1.95 bits per heavy atom. The van der Waals surface area contributed by atoms with Crippen molar-refractivity contribution >= 4 is 11.8 Å². The van der Waals surface area contributed by atoms with Gasteiger partial charge in [0, 0.05) is 19.0 Å². The zero-order chi connectivity index (χ0) is 16.2. The zero-order valence-electron chi connectivity index (χ0n) is 13.6. The van der Waals surface area contributed by atoms with Gasteiger partial charge in [-0.1, -0.05) is 34.6 Å². The van der Waals surface area contributed by atoms with Crippen LogP contribution in [-0.2, 0) is 10.2 Å². The molecule has 0 aliphatic heterocycles. The van der Waals surface area contributed by atoms with Crippen LogP contribution in [0.25, 0.3) is 0 Å². The first kappa shape index (κ1) is 17.1. The summed E-state index contributed by atoms with van der Waals surface area (Å²) in [6, 6.07) is 0. The topological polar surface area (TPSA) is 91.0 Å². The van der Waals surface area contributed by atoms with Crippen LogP contribution in [0.1, 0.15) is 51.1 Å². The maximum absolute atomic E-state index is 12.2. The summed E-state index contributed by atoms with van der Waals surface area (Å²) in [5, 5.41) is 9.46. The molecule has 21 heavy (non-hydrogen) atoms. The van der Waals surface area contributed by atoms with Crippen LogP contribution in [0.4, 0.5) is 0 Å². The summed E-state index contributed by atoms with van der Waals surface area (Å²) in [6.07, 6.45) is 0. The molecule has 2 amide bonds. The number of nitrogens with zero attached hydrogens (tertiary/aromatic N) is 3. The summed E-state index contributed by atoms with van der Waals surface area (Å²) in [5.41, 5.74) is -0.210. The van der Waals surface area contributed by atoms with Crippen LogP contribution >= 0.6 is 0 Å². The third-order valence-corrected chi connectivity index (χ3v) is 2.82. The SMILES string of the molecule is CC(C)CNC(=O)CN(C)C(=O)c1n[nH]c(C(C)(C)C)n1. The number of carbonyl (C=O) groups is 2. The molecule has 0 radical (unpaired) electrons. The van der Waals surface area contributed by atoms with E-state index in [9.17, 15) is 9.59 Å². The van der Waals surface area contributed by atoms with Crippen LogP contribution in [0.2, 0.25) is 0 Å². The number of likely N-dealkylation sites (N-methyl/N-ethyl adjacent to an activating group) is 1. The predicted molar refractivity (Wildman–Crippen MR) is 79.9 cm³/mol. The van der Waals surface area contributed by atoms with Gasteiger partial charge in [0.1, 0.15) is 5.82 Å². The average molecular weight is 295 g/mol. The largest absolute Gasteiger partial charge is 0.354 e. The van der Waals surface area contributed by atoms with Gasteiger partial charge in [-0.3, -0.25) is 14.7 Å². The predicted octanol–water partition coefficient (Wildman–Crippen LogP) is 0.946. The molecule has 7 nitrogen and oxygen atoms in total. The molecule has 0 aromatic carbocycles. The number of hydrogen-bond acceptors (Lipinski definition) is 4. The highest BCUT2D eigenvalue weighted by Crippen LogP contribution is 2.17. The molecular weight excluding hydrogens is 270 g/mol. The van der Waals surface area contributed by atoms with Crippen LogP contribution < -0.4 is 5.32 Å². The Morgan fingerprint density at radius 3 is 2.43 bits per heavy atom. The van der Waals surface area contributed by atoms with Gasteiger partial charge in [0.05, 0.1) is 6.54 Å². The fourth-order valence-electron chi connectivity index (χ4n) is 1.52. The number of aromatic amines is 1. The van der Waals surface area contributed by atoms with E-state index in [1.807, 2.05) is 34.6 Å². The summed E-state index contributed by atoms with van der Waals surface area (Å²) < 4.78 is 0. The van der Waals surface area contributed by atoms with E-state index in [1.165, 1.54) is 4.90 Å². The van der Waals surface area contributed by atoms with Crippen molar-refractivity contribution in [2.75, 3.05) is 20.1 Å². The minimum absolute atomic E-state index is 0.00898.